The van der Waals surface area contributed by atoms with Crippen molar-refractivity contribution in [3.05, 3.63) is 70.5 Å². The van der Waals surface area contributed by atoms with Gasteiger partial charge in [-0.1, -0.05) is 18.5 Å². The van der Waals surface area contributed by atoms with Gasteiger partial charge in [0.05, 0.1) is 35.6 Å². The highest BCUT2D eigenvalue weighted by atomic mass is 35.5. The van der Waals surface area contributed by atoms with E-state index < -0.39 is 5.97 Å². The molecule has 2 heterocycles. The molecule has 0 unspecified atom stereocenters. The molecule has 3 aromatic rings. The van der Waals surface area contributed by atoms with Crippen molar-refractivity contribution in [1.82, 2.24) is 14.7 Å². The lowest BCUT2D eigenvalue weighted by Gasteiger charge is -2.36. The minimum atomic E-state index is -0.402. The number of hydrogen-bond donors (Lipinski definition) is 1. The zero-order valence-corrected chi connectivity index (χ0v) is 21.0. The summed E-state index contributed by atoms with van der Waals surface area (Å²) in [5.41, 5.74) is 4.00. The van der Waals surface area contributed by atoms with Crippen molar-refractivity contribution in [3.63, 3.8) is 0 Å². The fourth-order valence-corrected chi connectivity index (χ4v) is 4.39. The average Bonchev–Trinajstić information content (AvgIpc) is 3.26. The number of likely N-dealkylation sites (N-methyl/N-ethyl adjacent to an activating group) is 1. The van der Waals surface area contributed by atoms with Gasteiger partial charge < -0.3 is 19.9 Å². The molecule has 2 aromatic carbocycles. The molecular weight excluding hydrogens is 466 g/mol. The van der Waals surface area contributed by atoms with Gasteiger partial charge in [0.1, 0.15) is 5.56 Å². The second-order valence-corrected chi connectivity index (χ2v) is 8.80. The molecule has 0 atom stereocenters. The Labute approximate surface area is 210 Å². The van der Waals surface area contributed by atoms with Crippen molar-refractivity contribution in [1.29, 1.82) is 0 Å². The minimum Gasteiger partial charge on any atom is -0.462 e. The summed E-state index contributed by atoms with van der Waals surface area (Å²) in [5.74, 6) is -0.627. The third kappa shape index (κ3) is 5.49. The zero-order valence-electron chi connectivity index (χ0n) is 20.3. The summed E-state index contributed by atoms with van der Waals surface area (Å²) in [6.07, 6.45) is 1.49. The fourth-order valence-electron chi connectivity index (χ4n) is 4.22. The van der Waals surface area contributed by atoms with Crippen LogP contribution in [0.5, 0.6) is 0 Å². The van der Waals surface area contributed by atoms with Gasteiger partial charge in [0, 0.05) is 36.8 Å². The Kier molecular flexibility index (Phi) is 7.73. The van der Waals surface area contributed by atoms with Crippen LogP contribution in [0, 0.1) is 6.92 Å². The molecular formula is C26H30ClN5O3. The number of anilines is 2. The van der Waals surface area contributed by atoms with Gasteiger partial charge in [0.15, 0.2) is 0 Å². The molecule has 8 nitrogen and oxygen atoms in total. The topological polar surface area (TPSA) is 79.7 Å². The molecule has 1 N–H and O–H groups in total. The van der Waals surface area contributed by atoms with Crippen LogP contribution in [-0.4, -0.2) is 65.9 Å². The average molecular weight is 496 g/mol. The number of esters is 1. The van der Waals surface area contributed by atoms with Gasteiger partial charge in [-0.05, 0) is 62.9 Å². The summed E-state index contributed by atoms with van der Waals surface area (Å²) >= 11 is 6.26. The van der Waals surface area contributed by atoms with Crippen molar-refractivity contribution in [2.45, 2.75) is 20.8 Å². The Balaban J connectivity index is 1.50. The molecule has 1 aromatic heterocycles. The first-order valence-corrected chi connectivity index (χ1v) is 12.2. The number of carbonyl (C=O) groups is 2. The maximum absolute atomic E-state index is 13.1. The summed E-state index contributed by atoms with van der Waals surface area (Å²) < 4.78 is 6.73. The van der Waals surface area contributed by atoms with E-state index in [2.05, 4.69) is 27.1 Å². The van der Waals surface area contributed by atoms with Gasteiger partial charge in [0.2, 0.25) is 0 Å². The van der Waals surface area contributed by atoms with Crippen LogP contribution in [0.25, 0.3) is 5.69 Å². The standard InChI is InChI=1S/C26H30ClN5O3/c1-4-30-12-14-31(15-13-30)24-11-8-20(27)16-23(24)29-25(33)19-6-9-21(10-7-19)32-18(3)22(17-28-32)26(34)35-5-2/h6-11,16-17H,4-5,12-15H2,1-3H3,(H,29,33). The van der Waals surface area contributed by atoms with E-state index in [9.17, 15) is 9.59 Å². The summed E-state index contributed by atoms with van der Waals surface area (Å²) in [6.45, 7) is 10.8. The molecule has 35 heavy (non-hydrogen) atoms. The van der Waals surface area contributed by atoms with Crippen LogP contribution >= 0.6 is 11.6 Å². The lowest BCUT2D eigenvalue weighted by atomic mass is 10.1. The molecule has 0 bridgehead atoms. The Morgan fingerprint density at radius 2 is 1.77 bits per heavy atom. The summed E-state index contributed by atoms with van der Waals surface area (Å²) in [7, 11) is 0. The van der Waals surface area contributed by atoms with Gasteiger partial charge in [-0.15, -0.1) is 0 Å². The predicted molar refractivity (Wildman–Crippen MR) is 138 cm³/mol. The van der Waals surface area contributed by atoms with Gasteiger partial charge in [0.25, 0.3) is 5.91 Å². The number of nitrogens with one attached hydrogen (secondary N) is 1. The number of nitrogens with zero attached hydrogens (tertiary/aromatic N) is 4. The second-order valence-electron chi connectivity index (χ2n) is 8.36. The third-order valence-electron chi connectivity index (χ3n) is 6.25. The number of aromatic nitrogens is 2. The van der Waals surface area contributed by atoms with E-state index in [1.54, 1.807) is 48.9 Å². The second kappa shape index (κ2) is 10.9. The molecule has 1 aliphatic heterocycles. The highest BCUT2D eigenvalue weighted by Gasteiger charge is 2.20. The molecule has 0 radical (unpaired) electrons. The van der Waals surface area contributed by atoms with E-state index in [0.717, 1.165) is 44.1 Å². The molecule has 1 aliphatic rings. The van der Waals surface area contributed by atoms with Gasteiger partial charge in [-0.3, -0.25) is 4.79 Å². The van der Waals surface area contributed by atoms with Crippen LogP contribution in [0.4, 0.5) is 11.4 Å². The van der Waals surface area contributed by atoms with Crippen molar-refractivity contribution in [2.75, 3.05) is 49.5 Å². The SMILES string of the molecule is CCOC(=O)c1cnn(-c2ccc(C(=O)Nc3cc(Cl)ccc3N3CCN(CC)CC3)cc2)c1C. The van der Waals surface area contributed by atoms with Gasteiger partial charge in [-0.2, -0.15) is 5.10 Å². The van der Waals surface area contributed by atoms with Crippen molar-refractivity contribution >= 4 is 34.9 Å². The Morgan fingerprint density at radius 3 is 2.43 bits per heavy atom. The van der Waals surface area contributed by atoms with Crippen LogP contribution < -0.4 is 10.2 Å². The maximum atomic E-state index is 13.1. The number of hydrogen-bond acceptors (Lipinski definition) is 6. The molecule has 0 saturated carbocycles. The number of benzene rings is 2. The highest BCUT2D eigenvalue weighted by molar-refractivity contribution is 6.31. The van der Waals surface area contributed by atoms with Crippen molar-refractivity contribution < 1.29 is 14.3 Å². The normalized spacial score (nSPS) is 14.1. The third-order valence-corrected chi connectivity index (χ3v) is 6.48. The molecule has 184 valence electrons. The number of halogens is 1. The molecule has 9 heteroatoms. The molecule has 1 fully saturated rings. The predicted octanol–water partition coefficient (Wildman–Crippen LogP) is 4.41. The van der Waals surface area contributed by atoms with E-state index >= 15 is 0 Å². The number of ether oxygens (including phenoxy) is 1. The van der Waals surface area contributed by atoms with E-state index in [1.165, 1.54) is 6.20 Å². The highest BCUT2D eigenvalue weighted by Crippen LogP contribution is 2.30. The first kappa shape index (κ1) is 24.8. The van der Waals surface area contributed by atoms with Crippen LogP contribution in [0.2, 0.25) is 5.02 Å². The summed E-state index contributed by atoms with van der Waals surface area (Å²) in [6, 6.07) is 12.7. The number of amides is 1. The smallest absolute Gasteiger partial charge is 0.341 e. The van der Waals surface area contributed by atoms with E-state index in [-0.39, 0.29) is 5.91 Å². The van der Waals surface area contributed by atoms with E-state index in [4.69, 9.17) is 16.3 Å². The van der Waals surface area contributed by atoms with Crippen LogP contribution in [-0.2, 0) is 4.74 Å². The first-order valence-electron chi connectivity index (χ1n) is 11.8. The quantitative estimate of drug-likeness (QED) is 0.489. The Hall–Kier alpha value is -3.36. The van der Waals surface area contributed by atoms with E-state index in [1.807, 2.05) is 12.1 Å². The molecule has 1 amide bonds. The lowest BCUT2D eigenvalue weighted by Crippen LogP contribution is -2.46. The van der Waals surface area contributed by atoms with Crippen LogP contribution in [0.15, 0.2) is 48.7 Å². The summed E-state index contributed by atoms with van der Waals surface area (Å²) in [4.78, 5) is 29.8. The maximum Gasteiger partial charge on any atom is 0.341 e. The lowest BCUT2D eigenvalue weighted by molar-refractivity contribution is 0.0525. The number of piperazine rings is 1. The fraction of sp³-hybridized carbons (Fsp3) is 0.346. The van der Waals surface area contributed by atoms with Crippen LogP contribution in [0.3, 0.4) is 0 Å². The van der Waals surface area contributed by atoms with E-state index in [0.29, 0.717) is 34.1 Å². The number of carbonyl (C=O) groups excluding carboxylic acids is 2. The summed E-state index contributed by atoms with van der Waals surface area (Å²) in [5, 5.41) is 7.91. The Morgan fingerprint density at radius 1 is 1.06 bits per heavy atom. The zero-order chi connectivity index (χ0) is 24.9. The monoisotopic (exact) mass is 495 g/mol. The molecule has 0 spiro atoms. The molecule has 0 aliphatic carbocycles. The Bertz CT molecular complexity index is 1200. The minimum absolute atomic E-state index is 0.225. The number of rotatable bonds is 7. The largest absolute Gasteiger partial charge is 0.462 e. The van der Waals surface area contributed by atoms with Crippen molar-refractivity contribution in [2.24, 2.45) is 0 Å². The van der Waals surface area contributed by atoms with Crippen molar-refractivity contribution in [3.8, 4) is 5.69 Å². The van der Waals surface area contributed by atoms with Crippen LogP contribution in [0.1, 0.15) is 40.3 Å². The first-order chi connectivity index (χ1) is 16.9. The van der Waals surface area contributed by atoms with Gasteiger partial charge >= 0.3 is 5.97 Å². The molecule has 4 rings (SSSR count). The van der Waals surface area contributed by atoms with Gasteiger partial charge in [-0.25, -0.2) is 9.48 Å². The molecule has 1 saturated heterocycles.